The third kappa shape index (κ3) is 7.58. The number of hydrogen-bond acceptors (Lipinski definition) is 4. The fourth-order valence-electron chi connectivity index (χ4n) is 3.35. The van der Waals surface area contributed by atoms with Crippen LogP contribution >= 0.6 is 23.2 Å². The molecule has 2 aromatic carbocycles. The van der Waals surface area contributed by atoms with Gasteiger partial charge in [-0.25, -0.2) is 12.8 Å². The summed E-state index contributed by atoms with van der Waals surface area (Å²) in [6, 6.07) is 8.49. The number of sulfonamides is 1. The highest BCUT2D eigenvalue weighted by molar-refractivity contribution is 7.92. The van der Waals surface area contributed by atoms with Crippen LogP contribution in [0.1, 0.15) is 32.8 Å². The first-order chi connectivity index (χ1) is 15.8. The lowest BCUT2D eigenvalue weighted by molar-refractivity contribution is -0.140. The maximum Gasteiger partial charge on any atom is 0.244 e. The molecule has 0 spiro atoms. The Morgan fingerprint density at radius 1 is 1.09 bits per heavy atom. The van der Waals surface area contributed by atoms with E-state index in [-0.39, 0.29) is 30.6 Å². The summed E-state index contributed by atoms with van der Waals surface area (Å²) in [6.45, 7) is 4.73. The number of amides is 2. The SMILES string of the molecule is CC[C@@H](C(=O)NC(C)C)N(Cc1ccc(Cl)cc1Cl)C(=O)CN(c1ccc(F)cc1)S(C)(=O)=O. The number of halogens is 3. The van der Waals surface area contributed by atoms with Crippen molar-refractivity contribution in [2.45, 2.75) is 45.8 Å². The third-order valence-electron chi connectivity index (χ3n) is 4.97. The molecule has 0 radical (unpaired) electrons. The highest BCUT2D eigenvalue weighted by Gasteiger charge is 2.32. The van der Waals surface area contributed by atoms with E-state index in [1.165, 1.54) is 23.1 Å². The van der Waals surface area contributed by atoms with E-state index in [2.05, 4.69) is 5.32 Å². The predicted octanol–water partition coefficient (Wildman–Crippen LogP) is 4.23. The van der Waals surface area contributed by atoms with Gasteiger partial charge in [0, 0.05) is 22.6 Å². The summed E-state index contributed by atoms with van der Waals surface area (Å²) in [5, 5.41) is 3.52. The molecule has 2 amide bonds. The molecule has 0 aliphatic heterocycles. The Morgan fingerprint density at radius 2 is 1.71 bits per heavy atom. The largest absolute Gasteiger partial charge is 0.352 e. The van der Waals surface area contributed by atoms with Gasteiger partial charge in [-0.15, -0.1) is 0 Å². The van der Waals surface area contributed by atoms with Crippen molar-refractivity contribution in [3.8, 4) is 0 Å². The summed E-state index contributed by atoms with van der Waals surface area (Å²) in [4.78, 5) is 27.7. The molecule has 0 bridgehead atoms. The van der Waals surface area contributed by atoms with Crippen LogP contribution in [0.2, 0.25) is 10.0 Å². The van der Waals surface area contributed by atoms with Gasteiger partial charge in [-0.05, 0) is 62.2 Å². The molecule has 0 fully saturated rings. The lowest BCUT2D eigenvalue weighted by atomic mass is 10.1. The first kappa shape index (κ1) is 27.9. The minimum atomic E-state index is -3.90. The lowest BCUT2D eigenvalue weighted by Gasteiger charge is -2.33. The fraction of sp³-hybridized carbons (Fsp3) is 0.391. The maximum atomic E-state index is 13.5. The fourth-order valence-corrected chi connectivity index (χ4v) is 4.67. The van der Waals surface area contributed by atoms with Crippen LogP contribution in [0.25, 0.3) is 0 Å². The van der Waals surface area contributed by atoms with E-state index in [1.54, 1.807) is 32.9 Å². The van der Waals surface area contributed by atoms with Crippen LogP contribution in [-0.2, 0) is 26.2 Å². The van der Waals surface area contributed by atoms with Crippen molar-refractivity contribution in [2.24, 2.45) is 0 Å². The lowest BCUT2D eigenvalue weighted by Crippen LogP contribution is -2.53. The highest BCUT2D eigenvalue weighted by Crippen LogP contribution is 2.25. The van der Waals surface area contributed by atoms with Crippen LogP contribution in [0.4, 0.5) is 10.1 Å². The van der Waals surface area contributed by atoms with Crippen molar-refractivity contribution in [1.82, 2.24) is 10.2 Å². The molecule has 0 saturated carbocycles. The van der Waals surface area contributed by atoms with Gasteiger partial charge in [0.25, 0.3) is 0 Å². The molecule has 0 aromatic heterocycles. The first-order valence-electron chi connectivity index (χ1n) is 10.6. The van der Waals surface area contributed by atoms with Crippen molar-refractivity contribution in [3.63, 3.8) is 0 Å². The molecule has 1 N–H and O–H groups in total. The van der Waals surface area contributed by atoms with Crippen molar-refractivity contribution < 1.29 is 22.4 Å². The Balaban J connectivity index is 2.46. The van der Waals surface area contributed by atoms with E-state index in [4.69, 9.17) is 23.2 Å². The van der Waals surface area contributed by atoms with Crippen molar-refractivity contribution in [3.05, 3.63) is 63.9 Å². The number of benzene rings is 2. The van der Waals surface area contributed by atoms with Crippen LogP contribution < -0.4 is 9.62 Å². The monoisotopic (exact) mass is 531 g/mol. The molecule has 186 valence electrons. The second kappa shape index (κ2) is 11.9. The number of carbonyl (C=O) groups excluding carboxylic acids is 2. The Labute approximate surface area is 209 Å². The van der Waals surface area contributed by atoms with Crippen LogP contribution in [0.15, 0.2) is 42.5 Å². The van der Waals surface area contributed by atoms with E-state index in [0.717, 1.165) is 22.7 Å². The molecule has 2 aromatic rings. The molecular formula is C23H28Cl2FN3O4S. The quantitative estimate of drug-likeness (QED) is 0.496. The molecule has 1 atom stereocenters. The van der Waals surface area contributed by atoms with E-state index in [1.807, 2.05) is 0 Å². The summed E-state index contributed by atoms with van der Waals surface area (Å²) in [5.74, 6) is -1.53. The summed E-state index contributed by atoms with van der Waals surface area (Å²) in [6.07, 6.45) is 1.23. The van der Waals surface area contributed by atoms with Gasteiger partial charge in [0.15, 0.2) is 0 Å². The number of rotatable bonds is 10. The molecule has 0 heterocycles. The van der Waals surface area contributed by atoms with E-state index in [9.17, 15) is 22.4 Å². The van der Waals surface area contributed by atoms with Gasteiger partial charge in [0.1, 0.15) is 18.4 Å². The van der Waals surface area contributed by atoms with E-state index >= 15 is 0 Å². The first-order valence-corrected chi connectivity index (χ1v) is 13.2. The molecule has 11 heteroatoms. The Kier molecular flexibility index (Phi) is 9.73. The second-order valence-electron chi connectivity index (χ2n) is 8.09. The number of anilines is 1. The van der Waals surface area contributed by atoms with E-state index in [0.29, 0.717) is 15.6 Å². The van der Waals surface area contributed by atoms with Crippen molar-refractivity contribution in [2.75, 3.05) is 17.1 Å². The molecule has 2 rings (SSSR count). The summed E-state index contributed by atoms with van der Waals surface area (Å²) < 4.78 is 39.2. The zero-order valence-corrected chi connectivity index (χ0v) is 21.7. The third-order valence-corrected chi connectivity index (χ3v) is 6.69. The van der Waals surface area contributed by atoms with Crippen LogP contribution in [-0.4, -0.2) is 50.0 Å². The summed E-state index contributed by atoms with van der Waals surface area (Å²) in [7, 11) is -3.90. The van der Waals surface area contributed by atoms with Crippen molar-refractivity contribution in [1.29, 1.82) is 0 Å². The standard InChI is InChI=1S/C23H28Cl2FN3O4S/c1-5-21(23(31)27-15(2)3)28(13-16-6-7-17(24)12-20(16)25)22(30)14-29(34(4,32)33)19-10-8-18(26)9-11-19/h6-12,15,21H,5,13-14H2,1-4H3,(H,27,31)/t21-/m0/s1. The van der Waals surface area contributed by atoms with Crippen LogP contribution in [0.5, 0.6) is 0 Å². The normalized spacial score (nSPS) is 12.4. The summed E-state index contributed by atoms with van der Waals surface area (Å²) in [5.41, 5.74) is 0.671. The van der Waals surface area contributed by atoms with Gasteiger partial charge in [0.2, 0.25) is 21.8 Å². The van der Waals surface area contributed by atoms with Gasteiger partial charge < -0.3 is 10.2 Å². The number of carbonyl (C=O) groups is 2. The van der Waals surface area contributed by atoms with Crippen molar-refractivity contribution >= 4 is 50.7 Å². The van der Waals surface area contributed by atoms with Crippen LogP contribution in [0, 0.1) is 5.82 Å². The summed E-state index contributed by atoms with van der Waals surface area (Å²) >= 11 is 12.3. The predicted molar refractivity (Wildman–Crippen MR) is 133 cm³/mol. The highest BCUT2D eigenvalue weighted by atomic mass is 35.5. The molecule has 0 aliphatic carbocycles. The number of nitrogens with one attached hydrogen (secondary N) is 1. The second-order valence-corrected chi connectivity index (χ2v) is 10.8. The van der Waals surface area contributed by atoms with E-state index < -0.39 is 34.3 Å². The van der Waals surface area contributed by atoms with Gasteiger partial charge in [0.05, 0.1) is 11.9 Å². The van der Waals surface area contributed by atoms with Gasteiger partial charge in [-0.3, -0.25) is 13.9 Å². The zero-order chi connectivity index (χ0) is 25.6. The topological polar surface area (TPSA) is 86.8 Å². The Morgan fingerprint density at radius 3 is 2.21 bits per heavy atom. The minimum absolute atomic E-state index is 0.0418. The van der Waals surface area contributed by atoms with Gasteiger partial charge in [-0.2, -0.15) is 0 Å². The number of nitrogens with zero attached hydrogens (tertiary/aromatic N) is 2. The Bertz CT molecular complexity index is 1130. The molecule has 34 heavy (non-hydrogen) atoms. The van der Waals surface area contributed by atoms with Gasteiger partial charge in [-0.1, -0.05) is 36.2 Å². The maximum absolute atomic E-state index is 13.5. The molecule has 7 nitrogen and oxygen atoms in total. The molecule has 0 saturated heterocycles. The zero-order valence-electron chi connectivity index (χ0n) is 19.4. The Hall–Kier alpha value is -2.36. The minimum Gasteiger partial charge on any atom is -0.352 e. The number of hydrogen-bond donors (Lipinski definition) is 1. The van der Waals surface area contributed by atoms with Crippen LogP contribution in [0.3, 0.4) is 0 Å². The van der Waals surface area contributed by atoms with Gasteiger partial charge >= 0.3 is 0 Å². The molecule has 0 aliphatic rings. The average Bonchev–Trinajstić information content (AvgIpc) is 2.72. The smallest absolute Gasteiger partial charge is 0.244 e. The molecular weight excluding hydrogens is 504 g/mol. The molecule has 0 unspecified atom stereocenters. The average molecular weight is 532 g/mol.